The Kier molecular flexibility index (Phi) is 4.98. The van der Waals surface area contributed by atoms with Crippen molar-refractivity contribution in [3.63, 3.8) is 0 Å². The number of nitrogens with zero attached hydrogens (tertiary/aromatic N) is 2. The molecule has 4 aromatic rings. The van der Waals surface area contributed by atoms with Crippen molar-refractivity contribution in [3.8, 4) is 17.2 Å². The number of hydrogen-bond donors (Lipinski definition) is 0. The lowest BCUT2D eigenvalue weighted by molar-refractivity contribution is 0.594. The first-order chi connectivity index (χ1) is 14.3. The van der Waals surface area contributed by atoms with Crippen molar-refractivity contribution in [1.82, 2.24) is 4.98 Å². The van der Waals surface area contributed by atoms with Gasteiger partial charge in [-0.3, -0.25) is 4.98 Å². The first kappa shape index (κ1) is 20.0. The van der Waals surface area contributed by atoms with E-state index in [0.717, 1.165) is 24.4 Å². The van der Waals surface area contributed by atoms with Crippen LogP contribution in [0.1, 0.15) is 5.56 Å². The maximum Gasteiger partial charge on any atom is 0.208 e. The summed E-state index contributed by atoms with van der Waals surface area (Å²) in [4.78, 5) is 3.67. The number of pyridine rings is 1. The lowest BCUT2D eigenvalue weighted by atomic mass is 10.00. The molecule has 4 rings (SSSR count). The highest BCUT2D eigenvalue weighted by Gasteiger charge is 2.26. The van der Waals surface area contributed by atoms with Gasteiger partial charge in [0.15, 0.2) is 0 Å². The van der Waals surface area contributed by atoms with E-state index in [1.54, 1.807) is 6.07 Å². The predicted molar refractivity (Wildman–Crippen MR) is 109 cm³/mol. The highest BCUT2D eigenvalue weighted by Crippen LogP contribution is 2.38. The monoisotopic (exact) mass is 440 g/mol. The van der Waals surface area contributed by atoms with Crippen molar-refractivity contribution >= 4 is 32.3 Å². The highest BCUT2D eigenvalue weighted by atomic mass is 35.5. The molecule has 0 bridgehead atoms. The Balaban J connectivity index is 2.10. The van der Waals surface area contributed by atoms with Crippen molar-refractivity contribution in [2.75, 3.05) is 0 Å². The molecule has 0 aliphatic heterocycles. The molecule has 0 N–H and O–H groups in total. The molecule has 1 aromatic heterocycles. The van der Waals surface area contributed by atoms with Gasteiger partial charge in [0, 0.05) is 22.7 Å². The van der Waals surface area contributed by atoms with Gasteiger partial charge in [-0.25, -0.2) is 17.2 Å². The summed E-state index contributed by atoms with van der Waals surface area (Å²) < 4.78 is 55.0. The zero-order chi connectivity index (χ0) is 21.5. The van der Waals surface area contributed by atoms with Crippen LogP contribution in [0.15, 0.2) is 76.7 Å². The average molecular weight is 441 g/mol. The van der Waals surface area contributed by atoms with Crippen LogP contribution in [-0.4, -0.2) is 13.4 Å². The van der Waals surface area contributed by atoms with Gasteiger partial charge in [0.1, 0.15) is 11.6 Å². The van der Waals surface area contributed by atoms with Crippen LogP contribution in [0, 0.1) is 23.0 Å². The van der Waals surface area contributed by atoms with Crippen LogP contribution in [0.4, 0.5) is 8.78 Å². The van der Waals surface area contributed by atoms with Crippen LogP contribution in [-0.2, 0) is 9.84 Å². The fourth-order valence-corrected chi connectivity index (χ4v) is 4.86. The number of halogens is 3. The van der Waals surface area contributed by atoms with E-state index in [9.17, 15) is 17.2 Å². The van der Waals surface area contributed by atoms with Gasteiger partial charge < -0.3 is 0 Å². The number of rotatable bonds is 3. The molecule has 0 aliphatic rings. The second kappa shape index (κ2) is 7.48. The molecule has 0 atom stereocenters. The van der Waals surface area contributed by atoms with Crippen molar-refractivity contribution in [2.45, 2.75) is 9.79 Å². The van der Waals surface area contributed by atoms with Crippen LogP contribution in [0.3, 0.4) is 0 Å². The maximum atomic E-state index is 14.7. The number of nitriles is 1. The third-order valence-corrected chi connectivity index (χ3v) is 6.65. The Bertz CT molecular complexity index is 1460. The molecule has 0 unspecified atom stereocenters. The summed E-state index contributed by atoms with van der Waals surface area (Å²) in [5.74, 6) is -1.38. The van der Waals surface area contributed by atoms with Gasteiger partial charge in [0.25, 0.3) is 0 Å². The molecule has 8 heteroatoms. The zero-order valence-corrected chi connectivity index (χ0v) is 16.7. The Morgan fingerprint density at radius 2 is 1.73 bits per heavy atom. The Hall–Kier alpha value is -3.34. The van der Waals surface area contributed by atoms with Gasteiger partial charge in [-0.05, 0) is 36.4 Å². The second-order valence-electron chi connectivity index (χ2n) is 6.40. The average Bonchev–Trinajstić information content (AvgIpc) is 2.74. The molecular weight excluding hydrogens is 430 g/mol. The molecule has 0 saturated heterocycles. The van der Waals surface area contributed by atoms with Crippen LogP contribution in [0.2, 0.25) is 5.02 Å². The standard InChI is InChI=1S/C22H11ClF2N2O2S/c23-17-10-14(6-8-19(17)25)30(28,29)21-12-27-20-9-13(11-26)5-7-16(20)22(21)15-3-1-2-4-18(15)24/h1-10,12H. The fourth-order valence-electron chi connectivity index (χ4n) is 3.16. The lowest BCUT2D eigenvalue weighted by Crippen LogP contribution is -2.06. The molecule has 0 amide bonds. The molecule has 0 fully saturated rings. The van der Waals surface area contributed by atoms with E-state index in [0.29, 0.717) is 16.5 Å². The van der Waals surface area contributed by atoms with Crippen molar-refractivity contribution in [3.05, 3.63) is 89.1 Å². The maximum absolute atomic E-state index is 14.7. The van der Waals surface area contributed by atoms with Gasteiger partial charge in [-0.15, -0.1) is 0 Å². The van der Waals surface area contributed by atoms with Crippen LogP contribution in [0.25, 0.3) is 22.0 Å². The number of sulfone groups is 1. The molecule has 4 nitrogen and oxygen atoms in total. The first-order valence-corrected chi connectivity index (χ1v) is 10.5. The molecular formula is C22H11ClF2N2O2S. The quantitative estimate of drug-likeness (QED) is 0.392. The summed E-state index contributed by atoms with van der Waals surface area (Å²) in [6.07, 6.45) is 1.11. The summed E-state index contributed by atoms with van der Waals surface area (Å²) in [5.41, 5.74) is 0.822. The van der Waals surface area contributed by atoms with Crippen molar-refractivity contribution < 1.29 is 17.2 Å². The summed E-state index contributed by atoms with van der Waals surface area (Å²) in [6, 6.07) is 15.3. The molecule has 3 aromatic carbocycles. The predicted octanol–water partition coefficient (Wildman–Crippen LogP) is 5.54. The third kappa shape index (κ3) is 3.30. The number of aromatic nitrogens is 1. The molecule has 0 radical (unpaired) electrons. The summed E-state index contributed by atoms with van der Waals surface area (Å²) in [5, 5.41) is 9.14. The Morgan fingerprint density at radius 1 is 0.967 bits per heavy atom. The number of fused-ring (bicyclic) bond motifs is 1. The SMILES string of the molecule is N#Cc1ccc2c(-c3ccccc3F)c(S(=O)(=O)c3ccc(F)c(Cl)c3)cnc2c1. The largest absolute Gasteiger partial charge is 0.255 e. The molecule has 0 spiro atoms. The summed E-state index contributed by atoms with van der Waals surface area (Å²) in [7, 11) is -4.23. The topological polar surface area (TPSA) is 70.8 Å². The Labute approximate surface area is 175 Å². The van der Waals surface area contributed by atoms with Gasteiger partial charge in [-0.1, -0.05) is 35.9 Å². The minimum absolute atomic E-state index is 0.0568. The van der Waals surface area contributed by atoms with Crippen LogP contribution < -0.4 is 0 Å². The summed E-state index contributed by atoms with van der Waals surface area (Å²) in [6.45, 7) is 0. The van der Waals surface area contributed by atoms with Crippen LogP contribution >= 0.6 is 11.6 Å². The van der Waals surface area contributed by atoms with E-state index < -0.39 is 21.5 Å². The zero-order valence-electron chi connectivity index (χ0n) is 15.1. The first-order valence-electron chi connectivity index (χ1n) is 8.61. The van der Waals surface area contributed by atoms with Gasteiger partial charge >= 0.3 is 0 Å². The third-order valence-electron chi connectivity index (χ3n) is 4.60. The molecule has 0 saturated carbocycles. The van der Waals surface area contributed by atoms with Crippen molar-refractivity contribution in [1.29, 1.82) is 5.26 Å². The van der Waals surface area contributed by atoms with Gasteiger partial charge in [0.05, 0.1) is 32.0 Å². The van der Waals surface area contributed by atoms with E-state index in [2.05, 4.69) is 4.98 Å². The van der Waals surface area contributed by atoms with E-state index in [1.807, 2.05) is 6.07 Å². The second-order valence-corrected chi connectivity index (χ2v) is 8.73. The molecule has 0 aliphatic carbocycles. The fraction of sp³-hybridized carbons (Fsp3) is 0. The van der Waals surface area contributed by atoms with E-state index in [4.69, 9.17) is 16.9 Å². The van der Waals surface area contributed by atoms with E-state index in [1.165, 1.54) is 36.4 Å². The molecule has 30 heavy (non-hydrogen) atoms. The smallest absolute Gasteiger partial charge is 0.208 e. The normalized spacial score (nSPS) is 11.4. The van der Waals surface area contributed by atoms with Gasteiger partial charge in [0.2, 0.25) is 9.84 Å². The number of benzene rings is 3. The lowest BCUT2D eigenvalue weighted by Gasteiger charge is -2.15. The Morgan fingerprint density at radius 3 is 2.43 bits per heavy atom. The van der Waals surface area contributed by atoms with Gasteiger partial charge in [-0.2, -0.15) is 5.26 Å². The molecule has 1 heterocycles. The minimum Gasteiger partial charge on any atom is -0.255 e. The van der Waals surface area contributed by atoms with E-state index >= 15 is 0 Å². The van der Waals surface area contributed by atoms with Crippen LogP contribution in [0.5, 0.6) is 0 Å². The summed E-state index contributed by atoms with van der Waals surface area (Å²) >= 11 is 5.77. The minimum atomic E-state index is -4.23. The van der Waals surface area contributed by atoms with Crippen molar-refractivity contribution in [2.24, 2.45) is 0 Å². The van der Waals surface area contributed by atoms with E-state index in [-0.39, 0.29) is 25.9 Å². The molecule has 148 valence electrons. The number of hydrogen-bond acceptors (Lipinski definition) is 4. The highest BCUT2D eigenvalue weighted by molar-refractivity contribution is 7.91.